The van der Waals surface area contributed by atoms with E-state index < -0.39 is 0 Å². The molecular weight excluding hydrogens is 360 g/mol. The van der Waals surface area contributed by atoms with Crippen LogP contribution in [0.5, 0.6) is 0 Å². The number of nitrogens with one attached hydrogen (secondary N) is 1. The molecule has 0 atom stereocenters. The van der Waals surface area contributed by atoms with Gasteiger partial charge in [-0.1, -0.05) is 12.1 Å². The fraction of sp³-hybridized carbons (Fsp3) is 0.350. The first-order valence-corrected chi connectivity index (χ1v) is 9.94. The van der Waals surface area contributed by atoms with Gasteiger partial charge in [0.05, 0.1) is 5.69 Å². The molecule has 27 heavy (non-hydrogen) atoms. The summed E-state index contributed by atoms with van der Waals surface area (Å²) < 4.78 is 0. The number of anilines is 2. The zero-order chi connectivity index (χ0) is 19.2. The number of rotatable bonds is 6. The molecular formula is C20H24N4O2S. The normalized spacial score (nSPS) is 13.0. The number of carbonyl (C=O) groups excluding carboxylic acids is 2. The van der Waals surface area contributed by atoms with E-state index in [1.165, 1.54) is 0 Å². The molecule has 1 N–H and O–H groups in total. The number of carbonyl (C=O) groups is 2. The van der Waals surface area contributed by atoms with Crippen LogP contribution in [0.3, 0.4) is 0 Å². The first-order chi connectivity index (χ1) is 13.0. The number of aromatic nitrogens is 1. The van der Waals surface area contributed by atoms with Crippen molar-refractivity contribution in [3.63, 3.8) is 0 Å². The predicted molar refractivity (Wildman–Crippen MR) is 109 cm³/mol. The van der Waals surface area contributed by atoms with Gasteiger partial charge < -0.3 is 15.1 Å². The van der Waals surface area contributed by atoms with Crippen LogP contribution in [0, 0.1) is 0 Å². The maximum Gasteiger partial charge on any atom is 0.227 e. The Labute approximate surface area is 164 Å². The predicted octanol–water partition coefficient (Wildman–Crippen LogP) is 2.68. The topological polar surface area (TPSA) is 65.5 Å². The summed E-state index contributed by atoms with van der Waals surface area (Å²) >= 11 is 1.66. The molecule has 2 amide bonds. The zero-order valence-corrected chi connectivity index (χ0v) is 16.5. The van der Waals surface area contributed by atoms with Crippen molar-refractivity contribution in [1.29, 1.82) is 0 Å². The van der Waals surface area contributed by atoms with Gasteiger partial charge in [0.15, 0.2) is 0 Å². The van der Waals surface area contributed by atoms with E-state index in [1.807, 2.05) is 55.4 Å². The number of pyridine rings is 1. The second-order valence-corrected chi connectivity index (χ2v) is 7.64. The van der Waals surface area contributed by atoms with E-state index in [4.69, 9.17) is 0 Å². The van der Waals surface area contributed by atoms with Gasteiger partial charge in [-0.3, -0.25) is 9.59 Å². The highest BCUT2D eigenvalue weighted by Crippen LogP contribution is 2.32. The quantitative estimate of drug-likeness (QED) is 0.830. The van der Waals surface area contributed by atoms with Gasteiger partial charge in [0.25, 0.3) is 0 Å². The lowest BCUT2D eigenvalue weighted by Gasteiger charge is -2.28. The molecule has 3 rings (SSSR count). The van der Waals surface area contributed by atoms with E-state index in [-0.39, 0.29) is 24.7 Å². The third-order valence-electron chi connectivity index (χ3n) is 4.40. The largest absolute Gasteiger partial charge is 0.378 e. The van der Waals surface area contributed by atoms with Crippen molar-refractivity contribution in [3.05, 3.63) is 48.2 Å². The van der Waals surface area contributed by atoms with Crippen LogP contribution in [0.1, 0.15) is 18.4 Å². The Balaban J connectivity index is 1.47. The minimum atomic E-state index is -0.113. The molecule has 1 aromatic carbocycles. The Kier molecular flexibility index (Phi) is 6.34. The van der Waals surface area contributed by atoms with Gasteiger partial charge in [-0.15, -0.1) is 11.8 Å². The third kappa shape index (κ3) is 5.01. The molecule has 0 radical (unpaired) electrons. The first-order valence-electron chi connectivity index (χ1n) is 8.96. The second-order valence-electron chi connectivity index (χ2n) is 6.56. The van der Waals surface area contributed by atoms with Crippen LogP contribution in [0.15, 0.2) is 47.6 Å². The van der Waals surface area contributed by atoms with Gasteiger partial charge in [0, 0.05) is 57.7 Å². The molecule has 0 saturated heterocycles. The summed E-state index contributed by atoms with van der Waals surface area (Å²) in [5, 5.41) is 3.76. The molecule has 0 aliphatic carbocycles. The van der Waals surface area contributed by atoms with Crippen molar-refractivity contribution in [2.45, 2.75) is 24.4 Å². The van der Waals surface area contributed by atoms with Gasteiger partial charge in [-0.05, 0) is 29.8 Å². The molecule has 142 valence electrons. The Bertz CT molecular complexity index is 808. The van der Waals surface area contributed by atoms with Crippen molar-refractivity contribution in [3.8, 4) is 0 Å². The molecule has 0 spiro atoms. The average molecular weight is 385 g/mol. The van der Waals surface area contributed by atoms with Crippen molar-refractivity contribution in [1.82, 2.24) is 10.3 Å². The van der Waals surface area contributed by atoms with Gasteiger partial charge in [0.1, 0.15) is 5.03 Å². The van der Waals surface area contributed by atoms with Crippen LogP contribution >= 0.6 is 11.8 Å². The molecule has 1 aromatic heterocycles. The Morgan fingerprint density at radius 2 is 1.96 bits per heavy atom. The Hall–Kier alpha value is -2.54. The third-order valence-corrected chi connectivity index (χ3v) is 5.38. The van der Waals surface area contributed by atoms with Crippen molar-refractivity contribution < 1.29 is 9.59 Å². The maximum absolute atomic E-state index is 12.5. The Morgan fingerprint density at radius 3 is 2.70 bits per heavy atom. The van der Waals surface area contributed by atoms with Gasteiger partial charge in [-0.25, -0.2) is 4.98 Å². The average Bonchev–Trinajstić information content (AvgIpc) is 2.70. The molecule has 2 aromatic rings. The van der Waals surface area contributed by atoms with Crippen molar-refractivity contribution in [2.24, 2.45) is 0 Å². The van der Waals surface area contributed by atoms with Gasteiger partial charge >= 0.3 is 0 Å². The van der Waals surface area contributed by atoms with Crippen molar-refractivity contribution >= 4 is 35.0 Å². The summed E-state index contributed by atoms with van der Waals surface area (Å²) in [6.45, 7) is 1.12. The SMILES string of the molecule is CN(C)c1ccc(CNC(=O)CCC(=O)N2CCSc3ncccc32)cc1. The summed E-state index contributed by atoms with van der Waals surface area (Å²) in [5.41, 5.74) is 3.00. The lowest BCUT2D eigenvalue weighted by atomic mass is 10.2. The summed E-state index contributed by atoms with van der Waals surface area (Å²) in [7, 11) is 3.98. The minimum Gasteiger partial charge on any atom is -0.378 e. The van der Waals surface area contributed by atoms with E-state index in [2.05, 4.69) is 10.3 Å². The van der Waals surface area contributed by atoms with E-state index in [0.717, 1.165) is 27.7 Å². The number of hydrogen-bond donors (Lipinski definition) is 1. The zero-order valence-electron chi connectivity index (χ0n) is 15.6. The molecule has 1 aliphatic rings. The molecule has 2 heterocycles. The standard InChI is InChI=1S/C20H24N4O2S/c1-23(2)16-7-5-15(6-8-16)14-22-18(25)9-10-19(26)24-12-13-27-20-17(24)4-3-11-21-20/h3-8,11H,9-10,12-14H2,1-2H3,(H,22,25). The monoisotopic (exact) mass is 384 g/mol. The smallest absolute Gasteiger partial charge is 0.227 e. The number of fused-ring (bicyclic) bond motifs is 1. The van der Waals surface area contributed by atoms with Crippen LogP contribution in [0.25, 0.3) is 0 Å². The molecule has 0 fully saturated rings. The van der Waals surface area contributed by atoms with Crippen LogP contribution in [-0.4, -0.2) is 43.2 Å². The molecule has 0 bridgehead atoms. The summed E-state index contributed by atoms with van der Waals surface area (Å²) in [4.78, 5) is 32.7. The molecule has 7 heteroatoms. The summed E-state index contributed by atoms with van der Waals surface area (Å²) in [6, 6.07) is 11.8. The van der Waals surface area contributed by atoms with E-state index in [1.54, 1.807) is 22.9 Å². The highest BCUT2D eigenvalue weighted by Gasteiger charge is 2.23. The number of hydrogen-bond acceptors (Lipinski definition) is 5. The second kappa shape index (κ2) is 8.90. The highest BCUT2D eigenvalue weighted by atomic mass is 32.2. The summed E-state index contributed by atoms with van der Waals surface area (Å²) in [6.07, 6.45) is 2.12. The molecule has 1 aliphatic heterocycles. The van der Waals surface area contributed by atoms with Crippen LogP contribution < -0.4 is 15.1 Å². The number of amides is 2. The van der Waals surface area contributed by atoms with Crippen LogP contribution in [0.4, 0.5) is 11.4 Å². The van der Waals surface area contributed by atoms with E-state index in [0.29, 0.717) is 13.1 Å². The highest BCUT2D eigenvalue weighted by molar-refractivity contribution is 7.99. The summed E-state index contributed by atoms with van der Waals surface area (Å²) in [5.74, 6) is 0.679. The van der Waals surface area contributed by atoms with Crippen LogP contribution in [-0.2, 0) is 16.1 Å². The minimum absolute atomic E-state index is 0.0324. The first kappa shape index (κ1) is 19.2. The van der Waals surface area contributed by atoms with E-state index in [9.17, 15) is 9.59 Å². The Morgan fingerprint density at radius 1 is 1.19 bits per heavy atom. The number of nitrogens with zero attached hydrogens (tertiary/aromatic N) is 3. The molecule has 6 nitrogen and oxygen atoms in total. The number of thioether (sulfide) groups is 1. The van der Waals surface area contributed by atoms with Crippen molar-refractivity contribution in [2.75, 3.05) is 36.2 Å². The fourth-order valence-electron chi connectivity index (χ4n) is 2.87. The molecule has 0 unspecified atom stereocenters. The van der Waals surface area contributed by atoms with Gasteiger partial charge in [0.2, 0.25) is 11.8 Å². The lowest BCUT2D eigenvalue weighted by molar-refractivity contribution is -0.125. The lowest BCUT2D eigenvalue weighted by Crippen LogP contribution is -2.36. The van der Waals surface area contributed by atoms with E-state index >= 15 is 0 Å². The molecule has 0 saturated carbocycles. The fourth-order valence-corrected chi connectivity index (χ4v) is 3.80. The maximum atomic E-state index is 12.5. The van der Waals surface area contributed by atoms with Crippen LogP contribution in [0.2, 0.25) is 0 Å². The van der Waals surface area contributed by atoms with Gasteiger partial charge in [-0.2, -0.15) is 0 Å². The number of benzene rings is 1.